The van der Waals surface area contributed by atoms with E-state index in [9.17, 15) is 4.79 Å². The van der Waals surface area contributed by atoms with Crippen molar-refractivity contribution in [3.8, 4) is 17.2 Å². The van der Waals surface area contributed by atoms with E-state index < -0.39 is 0 Å². The van der Waals surface area contributed by atoms with Gasteiger partial charge in [-0.25, -0.2) is 5.43 Å². The molecule has 0 aliphatic heterocycles. The number of nitrogens with one attached hydrogen (secondary N) is 1. The molecular formula is C24H24N2O3. The standard InChI is InChI=1S/C24H24N2O3/c1-2-7-19-12-14-21(15-13-19)28-18-24(27)26-25-17-20-8-6-11-23(16-20)29-22-9-4-3-5-10-22/h3-6,8-17H,2,7,18H2,1H3,(H,26,27)/b25-17+. The molecule has 0 aliphatic carbocycles. The number of amides is 1. The van der Waals surface area contributed by atoms with Crippen LogP contribution in [0.2, 0.25) is 0 Å². The highest BCUT2D eigenvalue weighted by atomic mass is 16.5. The van der Waals surface area contributed by atoms with E-state index in [1.54, 1.807) is 6.21 Å². The Kier molecular flexibility index (Phi) is 7.41. The third-order valence-corrected chi connectivity index (χ3v) is 4.07. The lowest BCUT2D eigenvalue weighted by molar-refractivity contribution is -0.123. The molecule has 5 heteroatoms. The monoisotopic (exact) mass is 388 g/mol. The molecule has 0 aromatic heterocycles. The first-order chi connectivity index (χ1) is 14.2. The van der Waals surface area contributed by atoms with Gasteiger partial charge in [0.05, 0.1) is 6.21 Å². The zero-order chi connectivity index (χ0) is 20.3. The quantitative estimate of drug-likeness (QED) is 0.416. The van der Waals surface area contributed by atoms with E-state index in [-0.39, 0.29) is 12.5 Å². The van der Waals surface area contributed by atoms with Gasteiger partial charge in [0.25, 0.3) is 5.91 Å². The van der Waals surface area contributed by atoms with E-state index in [4.69, 9.17) is 9.47 Å². The molecule has 1 amide bonds. The molecule has 5 nitrogen and oxygen atoms in total. The van der Waals surface area contributed by atoms with Crippen LogP contribution < -0.4 is 14.9 Å². The van der Waals surface area contributed by atoms with Crippen molar-refractivity contribution in [3.05, 3.63) is 90.0 Å². The van der Waals surface area contributed by atoms with Gasteiger partial charge >= 0.3 is 0 Å². The molecule has 29 heavy (non-hydrogen) atoms. The number of carbonyl (C=O) groups excluding carboxylic acids is 1. The van der Waals surface area contributed by atoms with Crippen LogP contribution in [0.15, 0.2) is 84.0 Å². The van der Waals surface area contributed by atoms with Crippen LogP contribution in [0.3, 0.4) is 0 Å². The Bertz CT molecular complexity index is 938. The molecule has 0 unspecified atom stereocenters. The fourth-order valence-electron chi connectivity index (χ4n) is 2.68. The molecule has 148 valence electrons. The van der Waals surface area contributed by atoms with Crippen LogP contribution in [-0.4, -0.2) is 18.7 Å². The fourth-order valence-corrected chi connectivity index (χ4v) is 2.68. The summed E-state index contributed by atoms with van der Waals surface area (Å²) in [6.45, 7) is 2.05. The number of aryl methyl sites for hydroxylation is 1. The summed E-state index contributed by atoms with van der Waals surface area (Å²) in [6, 6.07) is 24.8. The highest BCUT2D eigenvalue weighted by molar-refractivity contribution is 5.83. The second-order valence-corrected chi connectivity index (χ2v) is 6.46. The van der Waals surface area contributed by atoms with E-state index in [1.165, 1.54) is 5.56 Å². The molecule has 0 saturated heterocycles. The molecular weight excluding hydrogens is 364 g/mol. The van der Waals surface area contributed by atoms with E-state index in [2.05, 4.69) is 17.5 Å². The van der Waals surface area contributed by atoms with Crippen LogP contribution in [-0.2, 0) is 11.2 Å². The summed E-state index contributed by atoms with van der Waals surface area (Å²) in [5.74, 6) is 1.79. The van der Waals surface area contributed by atoms with E-state index in [0.717, 1.165) is 24.2 Å². The molecule has 0 aliphatic rings. The summed E-state index contributed by atoms with van der Waals surface area (Å²) < 4.78 is 11.3. The number of hydrogen-bond donors (Lipinski definition) is 1. The van der Waals surface area contributed by atoms with E-state index in [0.29, 0.717) is 11.5 Å². The molecule has 1 N–H and O–H groups in total. The van der Waals surface area contributed by atoms with Crippen LogP contribution in [0, 0.1) is 0 Å². The number of carbonyl (C=O) groups is 1. The molecule has 3 rings (SSSR count). The first-order valence-electron chi connectivity index (χ1n) is 9.59. The average Bonchev–Trinajstić information content (AvgIpc) is 2.74. The Morgan fingerprint density at radius 2 is 1.69 bits per heavy atom. The molecule has 0 saturated carbocycles. The number of hydrazone groups is 1. The lowest BCUT2D eigenvalue weighted by Crippen LogP contribution is -2.24. The van der Waals surface area contributed by atoms with Crippen molar-refractivity contribution in [1.82, 2.24) is 5.43 Å². The number of ether oxygens (including phenoxy) is 2. The number of hydrogen-bond acceptors (Lipinski definition) is 4. The van der Waals surface area contributed by atoms with Crippen molar-refractivity contribution in [2.75, 3.05) is 6.61 Å². The lowest BCUT2D eigenvalue weighted by Gasteiger charge is -2.06. The zero-order valence-corrected chi connectivity index (χ0v) is 16.4. The maximum Gasteiger partial charge on any atom is 0.277 e. The maximum absolute atomic E-state index is 11.9. The first kappa shape index (κ1) is 20.1. The minimum Gasteiger partial charge on any atom is -0.484 e. The van der Waals surface area contributed by atoms with Crippen molar-refractivity contribution in [1.29, 1.82) is 0 Å². The second kappa shape index (κ2) is 10.7. The summed E-state index contributed by atoms with van der Waals surface area (Å²) >= 11 is 0. The molecule has 3 aromatic carbocycles. The average molecular weight is 388 g/mol. The molecule has 0 bridgehead atoms. The third kappa shape index (κ3) is 6.81. The van der Waals surface area contributed by atoms with Gasteiger partial charge in [-0.2, -0.15) is 5.10 Å². The number of rotatable bonds is 9. The number of para-hydroxylation sites is 1. The minimum atomic E-state index is -0.324. The third-order valence-electron chi connectivity index (χ3n) is 4.07. The van der Waals surface area contributed by atoms with Gasteiger partial charge in [-0.05, 0) is 53.9 Å². The topological polar surface area (TPSA) is 59.9 Å². The summed E-state index contributed by atoms with van der Waals surface area (Å²) in [7, 11) is 0. The predicted molar refractivity (Wildman–Crippen MR) is 115 cm³/mol. The Labute approximate surface area is 171 Å². The van der Waals surface area contributed by atoms with Gasteiger partial charge in [0.1, 0.15) is 17.2 Å². The normalized spacial score (nSPS) is 10.7. The Morgan fingerprint density at radius 3 is 2.45 bits per heavy atom. The highest BCUT2D eigenvalue weighted by Gasteiger charge is 2.02. The SMILES string of the molecule is CCCc1ccc(OCC(=O)N/N=C/c2cccc(Oc3ccccc3)c2)cc1. The van der Waals surface area contributed by atoms with Crippen molar-refractivity contribution < 1.29 is 14.3 Å². The summed E-state index contributed by atoms with van der Waals surface area (Å²) in [6.07, 6.45) is 3.70. The Morgan fingerprint density at radius 1 is 0.931 bits per heavy atom. The van der Waals surface area contributed by atoms with Gasteiger partial charge in [0.15, 0.2) is 6.61 Å². The second-order valence-electron chi connectivity index (χ2n) is 6.46. The smallest absolute Gasteiger partial charge is 0.277 e. The number of benzene rings is 3. The van der Waals surface area contributed by atoms with Crippen molar-refractivity contribution in [3.63, 3.8) is 0 Å². The van der Waals surface area contributed by atoms with Crippen LogP contribution in [0.5, 0.6) is 17.2 Å². The van der Waals surface area contributed by atoms with Gasteiger partial charge in [-0.3, -0.25) is 4.79 Å². The maximum atomic E-state index is 11.9. The zero-order valence-electron chi connectivity index (χ0n) is 16.4. The van der Waals surface area contributed by atoms with Crippen molar-refractivity contribution in [2.24, 2.45) is 5.10 Å². The lowest BCUT2D eigenvalue weighted by atomic mass is 10.1. The van der Waals surface area contributed by atoms with Crippen LogP contribution in [0.1, 0.15) is 24.5 Å². The molecule has 3 aromatic rings. The molecule has 0 heterocycles. The molecule has 0 radical (unpaired) electrons. The van der Waals surface area contributed by atoms with Gasteiger partial charge in [0, 0.05) is 0 Å². The Balaban J connectivity index is 1.46. The summed E-state index contributed by atoms with van der Waals surface area (Å²) in [5.41, 5.74) is 4.54. The van der Waals surface area contributed by atoms with E-state index >= 15 is 0 Å². The fraction of sp³-hybridized carbons (Fsp3) is 0.167. The van der Waals surface area contributed by atoms with Gasteiger partial charge < -0.3 is 9.47 Å². The van der Waals surface area contributed by atoms with Crippen LogP contribution in [0.4, 0.5) is 0 Å². The van der Waals surface area contributed by atoms with Crippen LogP contribution in [0.25, 0.3) is 0 Å². The van der Waals surface area contributed by atoms with Crippen molar-refractivity contribution in [2.45, 2.75) is 19.8 Å². The van der Waals surface area contributed by atoms with Crippen LogP contribution >= 0.6 is 0 Å². The summed E-state index contributed by atoms with van der Waals surface area (Å²) in [5, 5.41) is 3.98. The van der Waals surface area contributed by atoms with E-state index in [1.807, 2.05) is 78.9 Å². The van der Waals surface area contributed by atoms with Gasteiger partial charge in [0.2, 0.25) is 0 Å². The van der Waals surface area contributed by atoms with Gasteiger partial charge in [-0.1, -0.05) is 55.8 Å². The predicted octanol–water partition coefficient (Wildman–Crippen LogP) is 4.96. The summed E-state index contributed by atoms with van der Waals surface area (Å²) in [4.78, 5) is 11.9. The first-order valence-corrected chi connectivity index (χ1v) is 9.59. The Hall–Kier alpha value is -3.60. The molecule has 0 atom stereocenters. The largest absolute Gasteiger partial charge is 0.484 e. The van der Waals surface area contributed by atoms with Crippen molar-refractivity contribution >= 4 is 12.1 Å². The molecule has 0 fully saturated rings. The number of nitrogens with zero attached hydrogens (tertiary/aromatic N) is 1. The molecule has 0 spiro atoms. The minimum absolute atomic E-state index is 0.0956. The van der Waals surface area contributed by atoms with Gasteiger partial charge in [-0.15, -0.1) is 0 Å². The highest BCUT2D eigenvalue weighted by Crippen LogP contribution is 2.21.